The normalized spacial score (nSPS) is 23.2. The van der Waals surface area contributed by atoms with E-state index in [0.29, 0.717) is 12.5 Å². The predicted octanol–water partition coefficient (Wildman–Crippen LogP) is 1.37. The smallest absolute Gasteiger partial charge is 0.139 e. The minimum Gasteiger partial charge on any atom is -0.396 e. The van der Waals surface area contributed by atoms with Gasteiger partial charge in [0.15, 0.2) is 0 Å². The van der Waals surface area contributed by atoms with Crippen LogP contribution in [0.4, 0.5) is 0 Å². The number of aliphatic hydroxyl groups excluding tert-OH is 1. The first-order valence-corrected chi connectivity index (χ1v) is 5.58. The Labute approximate surface area is 89.9 Å². The average molecular weight is 210 g/mol. The van der Waals surface area contributed by atoms with Gasteiger partial charge in [-0.3, -0.25) is 4.90 Å². The Balaban J connectivity index is 2.06. The maximum absolute atomic E-state index is 8.79. The van der Waals surface area contributed by atoms with E-state index in [9.17, 15) is 0 Å². The van der Waals surface area contributed by atoms with Crippen LogP contribution in [0.2, 0.25) is 0 Å². The SMILES string of the molecule is CN1CCCC[C@H]1c1cc(CCO)on1. The summed E-state index contributed by atoms with van der Waals surface area (Å²) in [7, 11) is 2.13. The minimum absolute atomic E-state index is 0.120. The van der Waals surface area contributed by atoms with Gasteiger partial charge in [0, 0.05) is 12.5 Å². The van der Waals surface area contributed by atoms with Crippen LogP contribution in [0.15, 0.2) is 10.6 Å². The zero-order valence-electron chi connectivity index (χ0n) is 9.15. The summed E-state index contributed by atoms with van der Waals surface area (Å²) >= 11 is 0. The summed E-state index contributed by atoms with van der Waals surface area (Å²) in [4.78, 5) is 2.32. The second kappa shape index (κ2) is 4.77. The van der Waals surface area contributed by atoms with Crippen LogP contribution >= 0.6 is 0 Å². The van der Waals surface area contributed by atoms with E-state index >= 15 is 0 Å². The second-order valence-electron chi connectivity index (χ2n) is 4.18. The molecule has 84 valence electrons. The highest BCUT2D eigenvalue weighted by molar-refractivity contribution is 5.11. The highest BCUT2D eigenvalue weighted by Gasteiger charge is 2.23. The first-order chi connectivity index (χ1) is 7.31. The van der Waals surface area contributed by atoms with Gasteiger partial charge in [0.05, 0.1) is 12.6 Å². The molecule has 0 spiro atoms. The molecule has 1 saturated heterocycles. The van der Waals surface area contributed by atoms with Crippen molar-refractivity contribution in [3.8, 4) is 0 Å². The van der Waals surface area contributed by atoms with E-state index in [0.717, 1.165) is 24.4 Å². The second-order valence-corrected chi connectivity index (χ2v) is 4.18. The van der Waals surface area contributed by atoms with Gasteiger partial charge in [-0.1, -0.05) is 11.6 Å². The third-order valence-corrected chi connectivity index (χ3v) is 3.05. The molecule has 4 nitrogen and oxygen atoms in total. The lowest BCUT2D eigenvalue weighted by molar-refractivity contribution is 0.178. The van der Waals surface area contributed by atoms with E-state index in [-0.39, 0.29) is 6.61 Å². The average Bonchev–Trinajstić information content (AvgIpc) is 2.68. The minimum atomic E-state index is 0.120. The van der Waals surface area contributed by atoms with Gasteiger partial charge in [-0.25, -0.2) is 0 Å². The number of hydrogen-bond donors (Lipinski definition) is 1. The van der Waals surface area contributed by atoms with Gasteiger partial charge in [0.1, 0.15) is 11.5 Å². The molecule has 1 aliphatic heterocycles. The van der Waals surface area contributed by atoms with E-state index in [1.807, 2.05) is 6.07 Å². The topological polar surface area (TPSA) is 49.5 Å². The molecular weight excluding hydrogens is 192 g/mol. The molecule has 0 aromatic carbocycles. The predicted molar refractivity (Wildman–Crippen MR) is 56.5 cm³/mol. The van der Waals surface area contributed by atoms with Gasteiger partial charge >= 0.3 is 0 Å². The Morgan fingerprint density at radius 2 is 2.47 bits per heavy atom. The number of aliphatic hydroxyl groups is 1. The number of likely N-dealkylation sites (tertiary alicyclic amines) is 1. The standard InChI is InChI=1S/C11H18N2O2/c1-13-6-3-2-4-11(13)10-8-9(5-7-14)15-12-10/h8,11,14H,2-7H2,1H3/t11-/m0/s1. The largest absolute Gasteiger partial charge is 0.396 e. The zero-order chi connectivity index (χ0) is 10.7. The Kier molecular flexibility index (Phi) is 3.38. The van der Waals surface area contributed by atoms with Crippen molar-refractivity contribution in [2.75, 3.05) is 20.2 Å². The summed E-state index contributed by atoms with van der Waals surface area (Å²) < 4.78 is 5.17. The first-order valence-electron chi connectivity index (χ1n) is 5.58. The van der Waals surface area contributed by atoms with E-state index in [1.54, 1.807) is 0 Å². The highest BCUT2D eigenvalue weighted by atomic mass is 16.5. The van der Waals surface area contributed by atoms with Crippen LogP contribution in [-0.4, -0.2) is 35.4 Å². The molecular formula is C11H18N2O2. The summed E-state index contributed by atoms with van der Waals surface area (Å²) in [6.45, 7) is 1.25. The van der Waals surface area contributed by atoms with Gasteiger partial charge in [0.25, 0.3) is 0 Å². The zero-order valence-corrected chi connectivity index (χ0v) is 9.15. The van der Waals surface area contributed by atoms with E-state index in [2.05, 4.69) is 17.1 Å². The van der Waals surface area contributed by atoms with Crippen LogP contribution in [0.25, 0.3) is 0 Å². The van der Waals surface area contributed by atoms with Crippen molar-refractivity contribution in [2.24, 2.45) is 0 Å². The summed E-state index contributed by atoms with van der Waals surface area (Å²) in [5, 5.41) is 12.9. The van der Waals surface area contributed by atoms with E-state index < -0.39 is 0 Å². The molecule has 1 aliphatic rings. The van der Waals surface area contributed by atoms with E-state index in [1.165, 1.54) is 12.8 Å². The lowest BCUT2D eigenvalue weighted by atomic mass is 10.00. The van der Waals surface area contributed by atoms with E-state index in [4.69, 9.17) is 9.63 Å². The number of rotatable bonds is 3. The summed E-state index contributed by atoms with van der Waals surface area (Å²) in [6, 6.07) is 2.37. The third-order valence-electron chi connectivity index (χ3n) is 3.05. The first kappa shape index (κ1) is 10.6. The number of hydrogen-bond acceptors (Lipinski definition) is 4. The van der Waals surface area contributed by atoms with Gasteiger partial charge in [-0.15, -0.1) is 0 Å². The van der Waals surface area contributed by atoms with Crippen molar-refractivity contribution in [1.82, 2.24) is 10.1 Å². The van der Waals surface area contributed by atoms with Crippen molar-refractivity contribution < 1.29 is 9.63 Å². The lowest BCUT2D eigenvalue weighted by Gasteiger charge is -2.30. The Hall–Kier alpha value is -0.870. The molecule has 2 heterocycles. The van der Waals surface area contributed by atoms with Gasteiger partial charge in [-0.05, 0) is 26.4 Å². The van der Waals surface area contributed by atoms with Gasteiger partial charge in [0.2, 0.25) is 0 Å². The van der Waals surface area contributed by atoms with Crippen molar-refractivity contribution in [1.29, 1.82) is 0 Å². The van der Waals surface area contributed by atoms with Crippen LogP contribution < -0.4 is 0 Å². The summed E-state index contributed by atoms with van der Waals surface area (Å²) in [6.07, 6.45) is 4.25. The molecule has 2 rings (SSSR count). The van der Waals surface area contributed by atoms with Crippen molar-refractivity contribution in [2.45, 2.75) is 31.7 Å². The number of nitrogens with zero attached hydrogens (tertiary/aromatic N) is 2. The molecule has 1 aromatic rings. The maximum Gasteiger partial charge on any atom is 0.139 e. The molecule has 1 atom stereocenters. The molecule has 4 heteroatoms. The number of piperidine rings is 1. The lowest BCUT2D eigenvalue weighted by Crippen LogP contribution is -2.29. The molecule has 0 bridgehead atoms. The van der Waals surface area contributed by atoms with Crippen molar-refractivity contribution in [3.05, 3.63) is 17.5 Å². The molecule has 0 saturated carbocycles. The van der Waals surface area contributed by atoms with Crippen LogP contribution in [0.3, 0.4) is 0 Å². The van der Waals surface area contributed by atoms with Crippen molar-refractivity contribution in [3.63, 3.8) is 0 Å². The monoisotopic (exact) mass is 210 g/mol. The van der Waals surface area contributed by atoms with Gasteiger partial charge in [-0.2, -0.15) is 0 Å². The van der Waals surface area contributed by atoms with Crippen LogP contribution in [-0.2, 0) is 6.42 Å². The Bertz CT molecular complexity index is 311. The molecule has 1 aromatic heterocycles. The number of aromatic nitrogens is 1. The molecule has 1 fully saturated rings. The van der Waals surface area contributed by atoms with Crippen LogP contribution in [0, 0.1) is 0 Å². The molecule has 0 amide bonds. The molecule has 15 heavy (non-hydrogen) atoms. The summed E-state index contributed by atoms with van der Waals surface area (Å²) in [5.74, 6) is 0.784. The third kappa shape index (κ3) is 2.38. The van der Waals surface area contributed by atoms with Gasteiger partial charge < -0.3 is 9.63 Å². The Morgan fingerprint density at radius 3 is 3.20 bits per heavy atom. The molecule has 0 aliphatic carbocycles. The fraction of sp³-hybridized carbons (Fsp3) is 0.727. The maximum atomic E-state index is 8.79. The Morgan fingerprint density at radius 1 is 1.60 bits per heavy atom. The summed E-state index contributed by atoms with van der Waals surface area (Å²) in [5.41, 5.74) is 1.01. The van der Waals surface area contributed by atoms with Crippen LogP contribution in [0.5, 0.6) is 0 Å². The quantitative estimate of drug-likeness (QED) is 0.818. The molecule has 0 unspecified atom stereocenters. The fourth-order valence-corrected chi connectivity index (χ4v) is 2.16. The van der Waals surface area contributed by atoms with Crippen molar-refractivity contribution >= 4 is 0 Å². The highest BCUT2D eigenvalue weighted by Crippen LogP contribution is 2.28. The fourth-order valence-electron chi connectivity index (χ4n) is 2.16. The van der Waals surface area contributed by atoms with Crippen LogP contribution in [0.1, 0.15) is 36.8 Å². The molecule has 1 N–H and O–H groups in total. The molecule has 0 radical (unpaired) electrons.